The third kappa shape index (κ3) is 3.53. The van der Waals surface area contributed by atoms with E-state index in [1.54, 1.807) is 42.5 Å². The molecule has 0 bridgehead atoms. The number of rotatable bonds is 5. The molecule has 0 spiro atoms. The van der Waals surface area contributed by atoms with E-state index in [4.69, 9.17) is 4.74 Å². The highest BCUT2D eigenvalue weighted by molar-refractivity contribution is 9.10. The van der Waals surface area contributed by atoms with Crippen molar-refractivity contribution in [1.82, 2.24) is 4.90 Å². The van der Waals surface area contributed by atoms with Gasteiger partial charge in [0.2, 0.25) is 0 Å². The standard InChI is InChI=1S/C24H15Br2N3O6/c1-35-18-10-7-13(26)11-16(18)20-21(24(32)27(20)14-8-5-12(25)6-9-14)28-22(30)15-3-2-4-17(29(33)34)19(15)23(28)31/h2-11,20-21H,1H3/t20-,21-/m1/s1. The van der Waals surface area contributed by atoms with Crippen LogP contribution in [0.5, 0.6) is 5.75 Å². The van der Waals surface area contributed by atoms with Gasteiger partial charge in [-0.05, 0) is 48.5 Å². The van der Waals surface area contributed by atoms with Crippen molar-refractivity contribution in [1.29, 1.82) is 0 Å². The van der Waals surface area contributed by atoms with Crippen LogP contribution in [0.4, 0.5) is 11.4 Å². The zero-order valence-corrected chi connectivity index (χ0v) is 21.1. The van der Waals surface area contributed by atoms with Crippen molar-refractivity contribution in [2.24, 2.45) is 0 Å². The first kappa shape index (κ1) is 23.2. The van der Waals surface area contributed by atoms with Crippen molar-refractivity contribution in [2.75, 3.05) is 12.0 Å². The molecular weight excluding hydrogens is 586 g/mol. The minimum absolute atomic E-state index is 0.0981. The Bertz CT molecular complexity index is 1430. The van der Waals surface area contributed by atoms with Crippen LogP contribution in [-0.2, 0) is 4.79 Å². The Labute approximate surface area is 215 Å². The number of fused-ring (bicyclic) bond motifs is 1. The van der Waals surface area contributed by atoms with Gasteiger partial charge >= 0.3 is 0 Å². The summed E-state index contributed by atoms with van der Waals surface area (Å²) in [5.74, 6) is -1.65. The van der Waals surface area contributed by atoms with Crippen LogP contribution in [0.15, 0.2) is 69.6 Å². The highest BCUT2D eigenvalue weighted by atomic mass is 79.9. The molecular formula is C24H15Br2N3O6. The summed E-state index contributed by atoms with van der Waals surface area (Å²) in [6.07, 6.45) is 0. The number of nitro groups is 1. The first-order valence-electron chi connectivity index (χ1n) is 10.3. The fraction of sp³-hybridized carbons (Fsp3) is 0.125. The lowest BCUT2D eigenvalue weighted by Crippen LogP contribution is -2.67. The molecule has 11 heteroatoms. The van der Waals surface area contributed by atoms with Crippen molar-refractivity contribution in [3.8, 4) is 5.75 Å². The lowest BCUT2D eigenvalue weighted by molar-refractivity contribution is -0.385. The van der Waals surface area contributed by atoms with Crippen molar-refractivity contribution >= 4 is 61.0 Å². The van der Waals surface area contributed by atoms with Crippen LogP contribution in [0.3, 0.4) is 0 Å². The third-order valence-electron chi connectivity index (χ3n) is 6.08. The van der Waals surface area contributed by atoms with Crippen molar-refractivity contribution in [3.05, 3.63) is 96.4 Å². The van der Waals surface area contributed by atoms with Gasteiger partial charge in [0.05, 0.1) is 23.6 Å². The molecule has 1 fully saturated rings. The summed E-state index contributed by atoms with van der Waals surface area (Å²) in [5, 5.41) is 11.5. The molecule has 5 rings (SSSR count). The molecule has 0 unspecified atom stereocenters. The first-order valence-corrected chi connectivity index (χ1v) is 11.9. The van der Waals surface area contributed by atoms with Crippen molar-refractivity contribution in [2.45, 2.75) is 12.1 Å². The Kier molecular flexibility index (Phi) is 5.68. The summed E-state index contributed by atoms with van der Waals surface area (Å²) in [4.78, 5) is 53.4. The number of amides is 3. The van der Waals surface area contributed by atoms with Gasteiger partial charge in [-0.2, -0.15) is 0 Å². The SMILES string of the molecule is COc1ccc(Br)cc1[C@@H]1[C@@H](N2C(=O)c3cccc([N+](=O)[O-])c3C2=O)C(=O)N1c1ccc(Br)cc1. The summed E-state index contributed by atoms with van der Waals surface area (Å²) in [7, 11) is 1.48. The average molecular weight is 601 g/mol. The van der Waals surface area contributed by atoms with Gasteiger partial charge in [-0.1, -0.05) is 37.9 Å². The van der Waals surface area contributed by atoms with Gasteiger partial charge in [-0.15, -0.1) is 0 Å². The Morgan fingerprint density at radius 2 is 1.57 bits per heavy atom. The second-order valence-corrected chi connectivity index (χ2v) is 9.73. The van der Waals surface area contributed by atoms with E-state index in [9.17, 15) is 24.5 Å². The van der Waals surface area contributed by atoms with E-state index in [0.29, 0.717) is 21.5 Å². The molecule has 0 radical (unpaired) electrons. The van der Waals surface area contributed by atoms with Gasteiger partial charge in [0, 0.05) is 26.3 Å². The zero-order valence-electron chi connectivity index (χ0n) is 18.0. The van der Waals surface area contributed by atoms with Crippen LogP contribution >= 0.6 is 31.9 Å². The predicted molar refractivity (Wildman–Crippen MR) is 132 cm³/mol. The Balaban J connectivity index is 1.65. The minimum atomic E-state index is -1.21. The first-order chi connectivity index (χ1) is 16.7. The van der Waals surface area contributed by atoms with Crippen LogP contribution in [0.1, 0.15) is 32.3 Å². The van der Waals surface area contributed by atoms with Crippen LogP contribution in [0.2, 0.25) is 0 Å². The fourth-order valence-corrected chi connectivity index (χ4v) is 5.19. The number of imide groups is 1. The largest absolute Gasteiger partial charge is 0.496 e. The maximum absolute atomic E-state index is 13.5. The Morgan fingerprint density at radius 3 is 2.23 bits per heavy atom. The van der Waals surface area contributed by atoms with Gasteiger partial charge in [-0.25, -0.2) is 0 Å². The van der Waals surface area contributed by atoms with Crippen LogP contribution < -0.4 is 9.64 Å². The van der Waals surface area contributed by atoms with Crippen molar-refractivity contribution < 1.29 is 24.0 Å². The second-order valence-electron chi connectivity index (χ2n) is 7.90. The molecule has 1 saturated heterocycles. The Hall–Kier alpha value is -3.57. The van der Waals surface area contributed by atoms with Gasteiger partial charge in [0.25, 0.3) is 23.4 Å². The lowest BCUT2D eigenvalue weighted by Gasteiger charge is -2.50. The number of β-lactam (4-membered cyclic amide) rings is 1. The lowest BCUT2D eigenvalue weighted by atomic mass is 9.85. The van der Waals surface area contributed by atoms with Gasteiger partial charge in [0.1, 0.15) is 17.4 Å². The summed E-state index contributed by atoms with van der Waals surface area (Å²) >= 11 is 6.81. The number of hydrogen-bond donors (Lipinski definition) is 0. The minimum Gasteiger partial charge on any atom is -0.496 e. The molecule has 35 heavy (non-hydrogen) atoms. The number of anilines is 1. The molecule has 2 aliphatic rings. The highest BCUT2D eigenvalue weighted by Gasteiger charge is 2.59. The molecule has 3 amide bonds. The zero-order chi connectivity index (χ0) is 25.0. The van der Waals surface area contributed by atoms with Crippen LogP contribution in [0, 0.1) is 10.1 Å². The van der Waals surface area contributed by atoms with E-state index in [1.165, 1.54) is 30.2 Å². The monoisotopic (exact) mass is 599 g/mol. The highest BCUT2D eigenvalue weighted by Crippen LogP contribution is 2.48. The van der Waals surface area contributed by atoms with Gasteiger partial charge in [0.15, 0.2) is 0 Å². The number of nitrogens with zero attached hydrogens (tertiary/aromatic N) is 3. The van der Waals surface area contributed by atoms with E-state index in [-0.39, 0.29) is 11.1 Å². The van der Waals surface area contributed by atoms with Gasteiger partial charge < -0.3 is 9.64 Å². The molecule has 9 nitrogen and oxygen atoms in total. The quantitative estimate of drug-likeness (QED) is 0.179. The molecule has 3 aromatic rings. The normalized spacial score (nSPS) is 19.0. The van der Waals surface area contributed by atoms with E-state index in [0.717, 1.165) is 9.37 Å². The molecule has 0 N–H and O–H groups in total. The number of ether oxygens (including phenoxy) is 1. The summed E-state index contributed by atoms with van der Waals surface area (Å²) in [6.45, 7) is 0. The summed E-state index contributed by atoms with van der Waals surface area (Å²) in [6, 6.07) is 14.1. The molecule has 2 aliphatic heterocycles. The Morgan fingerprint density at radius 1 is 0.886 bits per heavy atom. The molecule has 0 aliphatic carbocycles. The summed E-state index contributed by atoms with van der Waals surface area (Å²) < 4.78 is 7.05. The maximum atomic E-state index is 13.5. The average Bonchev–Trinajstić information content (AvgIpc) is 3.08. The van der Waals surface area contributed by atoms with E-state index >= 15 is 0 Å². The molecule has 0 aromatic heterocycles. The molecule has 176 valence electrons. The molecule has 3 aromatic carbocycles. The number of benzene rings is 3. The van der Waals surface area contributed by atoms with Gasteiger partial charge in [-0.3, -0.25) is 29.4 Å². The van der Waals surface area contributed by atoms with Crippen LogP contribution in [0.25, 0.3) is 0 Å². The number of carbonyl (C=O) groups excluding carboxylic acids is 3. The van der Waals surface area contributed by atoms with Crippen LogP contribution in [-0.4, -0.2) is 40.7 Å². The van der Waals surface area contributed by atoms with Crippen molar-refractivity contribution in [3.63, 3.8) is 0 Å². The molecule has 0 saturated carbocycles. The second kappa shape index (κ2) is 8.58. The van der Waals surface area contributed by atoms with E-state index in [1.807, 2.05) is 0 Å². The number of methoxy groups -OCH3 is 1. The van der Waals surface area contributed by atoms with E-state index in [2.05, 4.69) is 31.9 Å². The number of hydrogen-bond acceptors (Lipinski definition) is 6. The smallest absolute Gasteiger partial charge is 0.282 e. The topological polar surface area (TPSA) is 110 Å². The van der Waals surface area contributed by atoms with E-state index < -0.39 is 40.4 Å². The number of nitro benzene ring substituents is 1. The number of carbonyl (C=O) groups is 3. The number of halogens is 2. The fourth-order valence-electron chi connectivity index (χ4n) is 4.55. The maximum Gasteiger partial charge on any atom is 0.282 e. The molecule has 2 atom stereocenters. The molecule has 2 heterocycles. The predicted octanol–water partition coefficient (Wildman–Crippen LogP) is 4.88. The third-order valence-corrected chi connectivity index (χ3v) is 7.10. The summed E-state index contributed by atoms with van der Waals surface area (Å²) in [5.41, 5.74) is 0.248.